The van der Waals surface area contributed by atoms with Crippen molar-refractivity contribution in [1.29, 1.82) is 0 Å². The Morgan fingerprint density at radius 2 is 1.53 bits per heavy atom. The van der Waals surface area contributed by atoms with Gasteiger partial charge in [-0.2, -0.15) is 0 Å². The van der Waals surface area contributed by atoms with Crippen LogP contribution in [-0.2, 0) is 14.4 Å². The summed E-state index contributed by atoms with van der Waals surface area (Å²) in [5.41, 5.74) is 10.4. The third-order valence-electron chi connectivity index (χ3n) is 1.59. The van der Waals surface area contributed by atoms with Crippen LogP contribution in [0.15, 0.2) is 0 Å². The molecular formula is C7H12N2O6S2. The third-order valence-corrected chi connectivity index (χ3v) is 4.36. The van der Waals surface area contributed by atoms with Crippen LogP contribution in [0.2, 0.25) is 0 Å². The number of aliphatic carboxylic acids is 3. The van der Waals surface area contributed by atoms with Crippen LogP contribution < -0.4 is 11.5 Å². The Labute approximate surface area is 104 Å². The molecule has 0 heterocycles. The van der Waals surface area contributed by atoms with Crippen molar-refractivity contribution >= 4 is 39.5 Å². The van der Waals surface area contributed by atoms with E-state index in [0.717, 1.165) is 10.8 Å². The zero-order valence-electron chi connectivity index (χ0n) is 8.48. The van der Waals surface area contributed by atoms with Crippen LogP contribution in [-0.4, -0.2) is 56.3 Å². The van der Waals surface area contributed by atoms with Gasteiger partial charge in [-0.3, -0.25) is 14.4 Å². The van der Waals surface area contributed by atoms with Gasteiger partial charge in [-0.05, 0) is 0 Å². The van der Waals surface area contributed by atoms with Gasteiger partial charge in [0.1, 0.15) is 17.3 Å². The van der Waals surface area contributed by atoms with Crippen molar-refractivity contribution in [2.75, 3.05) is 5.75 Å². The van der Waals surface area contributed by atoms with E-state index in [2.05, 4.69) is 0 Å². The fraction of sp³-hybridized carbons (Fsp3) is 0.571. The molecule has 0 spiro atoms. The number of hydrogen-bond acceptors (Lipinski definition) is 7. The molecule has 98 valence electrons. The van der Waals surface area contributed by atoms with E-state index in [9.17, 15) is 14.4 Å². The number of carboxylic acids is 3. The first-order valence-electron chi connectivity index (χ1n) is 4.25. The predicted molar refractivity (Wildman–Crippen MR) is 62.7 cm³/mol. The summed E-state index contributed by atoms with van der Waals surface area (Å²) in [6, 6.07) is -2.70. The molecule has 0 aromatic rings. The molecule has 7 N–H and O–H groups in total. The van der Waals surface area contributed by atoms with Crippen LogP contribution >= 0.6 is 21.6 Å². The van der Waals surface area contributed by atoms with Gasteiger partial charge in [-0.1, -0.05) is 21.6 Å². The second-order valence-electron chi connectivity index (χ2n) is 2.95. The van der Waals surface area contributed by atoms with Gasteiger partial charge < -0.3 is 26.8 Å². The zero-order valence-corrected chi connectivity index (χ0v) is 10.1. The van der Waals surface area contributed by atoms with Crippen LogP contribution in [0.5, 0.6) is 0 Å². The average molecular weight is 284 g/mol. The van der Waals surface area contributed by atoms with E-state index in [1.807, 2.05) is 0 Å². The summed E-state index contributed by atoms with van der Waals surface area (Å²) >= 11 is 0. The minimum absolute atomic E-state index is 0.0455. The highest BCUT2D eigenvalue weighted by Gasteiger charge is 2.31. The van der Waals surface area contributed by atoms with E-state index < -0.39 is 35.2 Å². The molecule has 0 saturated carbocycles. The Morgan fingerprint density at radius 3 is 1.88 bits per heavy atom. The maximum absolute atomic E-state index is 10.7. The summed E-state index contributed by atoms with van der Waals surface area (Å²) in [5.74, 6) is -4.07. The number of hydrogen-bond donors (Lipinski definition) is 5. The SMILES string of the molecule is N[C@H](C(=O)O)C(SSC[C@H](N)C(=O)O)C(=O)O. The molecule has 1 unspecified atom stereocenters. The molecule has 0 aliphatic heterocycles. The minimum Gasteiger partial charge on any atom is -0.480 e. The smallest absolute Gasteiger partial charge is 0.322 e. The van der Waals surface area contributed by atoms with Crippen molar-refractivity contribution in [3.05, 3.63) is 0 Å². The Kier molecular flexibility index (Phi) is 6.95. The lowest BCUT2D eigenvalue weighted by atomic mass is 10.2. The Balaban J connectivity index is 4.25. The Hall–Kier alpha value is -0.970. The van der Waals surface area contributed by atoms with E-state index >= 15 is 0 Å². The van der Waals surface area contributed by atoms with Crippen molar-refractivity contribution in [1.82, 2.24) is 0 Å². The average Bonchev–Trinajstić information content (AvgIpc) is 2.22. The summed E-state index contributed by atoms with van der Waals surface area (Å²) in [4.78, 5) is 31.6. The molecule has 8 nitrogen and oxygen atoms in total. The first-order chi connectivity index (χ1) is 7.77. The van der Waals surface area contributed by atoms with Crippen LogP contribution in [0.25, 0.3) is 0 Å². The molecular weight excluding hydrogens is 272 g/mol. The largest absolute Gasteiger partial charge is 0.480 e. The molecule has 0 saturated heterocycles. The first-order valence-corrected chi connectivity index (χ1v) is 6.63. The van der Waals surface area contributed by atoms with Crippen molar-refractivity contribution in [3.63, 3.8) is 0 Å². The Morgan fingerprint density at radius 1 is 1.00 bits per heavy atom. The highest BCUT2D eigenvalue weighted by atomic mass is 33.1. The van der Waals surface area contributed by atoms with Crippen molar-refractivity contribution in [3.8, 4) is 0 Å². The minimum atomic E-state index is -1.56. The summed E-state index contributed by atoms with van der Waals surface area (Å²) in [6.07, 6.45) is 0. The predicted octanol–water partition coefficient (Wildman–Crippen LogP) is -1.36. The first kappa shape index (κ1) is 16.0. The summed E-state index contributed by atoms with van der Waals surface area (Å²) < 4.78 is 0. The van der Waals surface area contributed by atoms with Crippen LogP contribution in [0, 0.1) is 0 Å². The van der Waals surface area contributed by atoms with Gasteiger partial charge in [0.15, 0.2) is 0 Å². The summed E-state index contributed by atoms with van der Waals surface area (Å²) in [7, 11) is 1.54. The molecule has 0 radical (unpaired) electrons. The molecule has 0 fully saturated rings. The topological polar surface area (TPSA) is 164 Å². The van der Waals surface area contributed by atoms with Crippen molar-refractivity contribution < 1.29 is 29.7 Å². The van der Waals surface area contributed by atoms with Crippen molar-refractivity contribution in [2.24, 2.45) is 11.5 Å². The van der Waals surface area contributed by atoms with Gasteiger partial charge in [0.25, 0.3) is 0 Å². The van der Waals surface area contributed by atoms with E-state index in [1.54, 1.807) is 0 Å². The maximum Gasteiger partial charge on any atom is 0.322 e. The Bertz CT molecular complexity index is 313. The molecule has 0 rings (SSSR count). The standard InChI is InChI=1S/C7H12N2O6S2/c8-2(5(10)11)1-16-17-4(7(14)15)3(9)6(12)13/h2-4H,1,8-9H2,(H,10,11)(H,12,13)(H,14,15)/t2-,3-,4?/m0/s1. The maximum atomic E-state index is 10.7. The normalized spacial score (nSPS) is 15.9. The summed E-state index contributed by atoms with van der Waals surface area (Å²) in [5, 5.41) is 24.4. The van der Waals surface area contributed by atoms with Gasteiger partial charge >= 0.3 is 17.9 Å². The van der Waals surface area contributed by atoms with Gasteiger partial charge in [0, 0.05) is 5.75 Å². The van der Waals surface area contributed by atoms with E-state index in [-0.39, 0.29) is 5.75 Å². The number of nitrogens with two attached hydrogens (primary N) is 2. The molecule has 0 aromatic heterocycles. The summed E-state index contributed by atoms with van der Waals surface area (Å²) in [6.45, 7) is 0. The quantitative estimate of drug-likeness (QED) is 0.336. The van der Waals surface area contributed by atoms with E-state index in [1.165, 1.54) is 0 Å². The van der Waals surface area contributed by atoms with E-state index in [4.69, 9.17) is 26.8 Å². The lowest BCUT2D eigenvalue weighted by molar-refractivity contribution is -0.144. The monoisotopic (exact) mass is 284 g/mol. The second kappa shape index (κ2) is 7.37. The fourth-order valence-corrected chi connectivity index (χ4v) is 3.20. The van der Waals surface area contributed by atoms with Crippen LogP contribution in [0.3, 0.4) is 0 Å². The lowest BCUT2D eigenvalue weighted by Gasteiger charge is -2.15. The molecule has 3 atom stereocenters. The highest BCUT2D eigenvalue weighted by Crippen LogP contribution is 2.29. The molecule has 0 aliphatic carbocycles. The number of carboxylic acid groups (broad SMARTS) is 3. The van der Waals surface area contributed by atoms with Gasteiger partial charge in [-0.15, -0.1) is 0 Å². The van der Waals surface area contributed by atoms with Gasteiger partial charge in [0.2, 0.25) is 0 Å². The molecule has 0 bridgehead atoms. The van der Waals surface area contributed by atoms with Crippen LogP contribution in [0.4, 0.5) is 0 Å². The fourth-order valence-electron chi connectivity index (χ4n) is 0.641. The van der Waals surface area contributed by atoms with E-state index in [0.29, 0.717) is 10.8 Å². The van der Waals surface area contributed by atoms with Gasteiger partial charge in [-0.25, -0.2) is 0 Å². The number of rotatable bonds is 8. The second-order valence-corrected chi connectivity index (χ2v) is 5.50. The molecule has 0 aliphatic rings. The van der Waals surface area contributed by atoms with Gasteiger partial charge in [0.05, 0.1) is 0 Å². The van der Waals surface area contributed by atoms with Crippen molar-refractivity contribution in [2.45, 2.75) is 17.3 Å². The molecule has 10 heteroatoms. The molecule has 17 heavy (non-hydrogen) atoms. The zero-order chi connectivity index (χ0) is 13.6. The molecule has 0 amide bonds. The third kappa shape index (κ3) is 5.77. The number of carbonyl (C=O) groups is 3. The molecule has 0 aromatic carbocycles. The lowest BCUT2D eigenvalue weighted by Crippen LogP contribution is -2.44. The highest BCUT2D eigenvalue weighted by molar-refractivity contribution is 8.77. The van der Waals surface area contributed by atoms with Crippen LogP contribution in [0.1, 0.15) is 0 Å².